The maximum absolute atomic E-state index is 11.7. The Morgan fingerprint density at radius 3 is 2.09 bits per heavy atom. The van der Waals surface area contributed by atoms with Crippen LogP contribution in [0, 0.1) is 19.3 Å². The number of rotatable bonds is 4. The SMILES string of the molecule is Cc1nc(Cl)ccc1-c1cn(COC(=O)C(C)(C)C)nn1.Cc1nc(Cl)ccc1-c1cn[nH]n1. The zero-order valence-electron chi connectivity index (χ0n) is 19.4. The number of aromatic nitrogens is 8. The molecule has 0 spiro atoms. The minimum absolute atomic E-state index is 0.0309. The molecule has 0 bridgehead atoms. The van der Waals surface area contributed by atoms with Gasteiger partial charge in [0.25, 0.3) is 0 Å². The summed E-state index contributed by atoms with van der Waals surface area (Å²) in [6.45, 7) is 9.15. The summed E-state index contributed by atoms with van der Waals surface area (Å²) in [5.41, 5.74) is 4.29. The molecule has 0 radical (unpaired) electrons. The van der Waals surface area contributed by atoms with Gasteiger partial charge in [-0.25, -0.2) is 14.6 Å². The van der Waals surface area contributed by atoms with Gasteiger partial charge in [-0.1, -0.05) is 28.4 Å². The van der Waals surface area contributed by atoms with Crippen LogP contribution in [-0.2, 0) is 16.3 Å². The van der Waals surface area contributed by atoms with Crippen molar-refractivity contribution in [1.29, 1.82) is 0 Å². The van der Waals surface area contributed by atoms with Crippen LogP contribution in [0.15, 0.2) is 36.7 Å². The number of esters is 1. The predicted octanol–water partition coefficient (Wildman–Crippen LogP) is 4.68. The van der Waals surface area contributed by atoms with E-state index in [9.17, 15) is 4.79 Å². The number of aryl methyl sites for hydroxylation is 2. The molecule has 4 rings (SSSR count). The maximum atomic E-state index is 11.7. The Morgan fingerprint density at radius 2 is 1.59 bits per heavy atom. The molecule has 0 saturated heterocycles. The van der Waals surface area contributed by atoms with E-state index in [4.69, 9.17) is 27.9 Å². The minimum Gasteiger partial charge on any atom is -0.442 e. The normalized spacial score (nSPS) is 11.0. The van der Waals surface area contributed by atoms with Crippen LogP contribution < -0.4 is 0 Å². The van der Waals surface area contributed by atoms with Crippen molar-refractivity contribution in [3.05, 3.63) is 58.4 Å². The molecule has 4 aromatic heterocycles. The van der Waals surface area contributed by atoms with Crippen LogP contribution >= 0.6 is 23.2 Å². The van der Waals surface area contributed by atoms with Gasteiger partial charge in [0.05, 0.1) is 17.8 Å². The number of hydrogen-bond acceptors (Lipinski definition) is 8. The summed E-state index contributed by atoms with van der Waals surface area (Å²) >= 11 is 11.6. The first-order chi connectivity index (χ1) is 16.0. The Balaban J connectivity index is 0.000000212. The lowest BCUT2D eigenvalue weighted by atomic mass is 9.98. The first-order valence-corrected chi connectivity index (χ1v) is 11.0. The monoisotopic (exact) mass is 502 g/mol. The van der Waals surface area contributed by atoms with Gasteiger partial charge in [0, 0.05) is 22.5 Å². The Hall–Kier alpha value is -3.37. The highest BCUT2D eigenvalue weighted by atomic mass is 35.5. The molecule has 4 aromatic rings. The van der Waals surface area contributed by atoms with E-state index in [0.717, 1.165) is 28.2 Å². The molecule has 1 N–H and O–H groups in total. The summed E-state index contributed by atoms with van der Waals surface area (Å²) < 4.78 is 6.64. The fraction of sp³-hybridized carbons (Fsp3) is 0.318. The van der Waals surface area contributed by atoms with Gasteiger partial charge < -0.3 is 4.74 Å². The van der Waals surface area contributed by atoms with E-state index >= 15 is 0 Å². The van der Waals surface area contributed by atoms with Gasteiger partial charge >= 0.3 is 5.97 Å². The van der Waals surface area contributed by atoms with Crippen molar-refractivity contribution in [2.24, 2.45) is 5.41 Å². The molecule has 0 atom stereocenters. The van der Waals surface area contributed by atoms with Crippen LogP contribution in [0.25, 0.3) is 22.5 Å². The summed E-state index contributed by atoms with van der Waals surface area (Å²) in [6.07, 6.45) is 3.35. The number of halogens is 2. The Kier molecular flexibility index (Phi) is 7.95. The van der Waals surface area contributed by atoms with Crippen molar-refractivity contribution >= 4 is 29.2 Å². The van der Waals surface area contributed by atoms with Crippen LogP contribution in [-0.4, -0.2) is 46.3 Å². The highest BCUT2D eigenvalue weighted by molar-refractivity contribution is 6.29. The average molecular weight is 503 g/mol. The zero-order chi connectivity index (χ0) is 24.9. The number of aromatic amines is 1. The maximum Gasteiger partial charge on any atom is 0.313 e. The second-order valence-electron chi connectivity index (χ2n) is 8.34. The molecular formula is C22H24Cl2N8O2. The highest BCUT2D eigenvalue weighted by Gasteiger charge is 2.23. The molecule has 4 heterocycles. The first kappa shape index (κ1) is 25.3. The minimum atomic E-state index is -0.542. The summed E-state index contributed by atoms with van der Waals surface area (Å²) in [4.78, 5) is 20.0. The second kappa shape index (κ2) is 10.7. The van der Waals surface area contributed by atoms with E-state index in [1.165, 1.54) is 4.68 Å². The van der Waals surface area contributed by atoms with Crippen molar-refractivity contribution in [3.8, 4) is 22.5 Å². The molecule has 12 heteroatoms. The molecule has 10 nitrogen and oxygen atoms in total. The first-order valence-electron chi connectivity index (χ1n) is 10.2. The quantitative estimate of drug-likeness (QED) is 0.315. The van der Waals surface area contributed by atoms with Gasteiger partial charge in [0.2, 0.25) is 0 Å². The lowest BCUT2D eigenvalue weighted by Gasteiger charge is -2.15. The van der Waals surface area contributed by atoms with E-state index in [1.54, 1.807) is 45.3 Å². The smallest absolute Gasteiger partial charge is 0.313 e. The predicted molar refractivity (Wildman–Crippen MR) is 128 cm³/mol. The third kappa shape index (κ3) is 6.58. The van der Waals surface area contributed by atoms with Crippen molar-refractivity contribution < 1.29 is 9.53 Å². The summed E-state index contributed by atoms with van der Waals surface area (Å²) in [6, 6.07) is 7.14. The number of ether oxygens (including phenoxy) is 1. The number of H-pyrrole nitrogens is 1. The number of nitrogens with one attached hydrogen (secondary N) is 1. The van der Waals surface area contributed by atoms with Crippen LogP contribution in [0.2, 0.25) is 10.3 Å². The molecule has 0 aromatic carbocycles. The van der Waals surface area contributed by atoms with E-state index in [-0.39, 0.29) is 12.7 Å². The van der Waals surface area contributed by atoms with Gasteiger partial charge in [-0.3, -0.25) is 4.79 Å². The number of pyridine rings is 2. The summed E-state index contributed by atoms with van der Waals surface area (Å²) in [5.74, 6) is -0.288. The molecule has 0 aliphatic rings. The van der Waals surface area contributed by atoms with Crippen molar-refractivity contribution in [2.75, 3.05) is 0 Å². The standard InChI is InChI=1S/C14H17ClN4O2.C8H7ClN4/c1-9-10(5-6-12(15)16-9)11-7-19(18-17-11)8-21-13(20)14(2,3)4;1-5-6(2-3-8(9)11-5)7-4-10-13-12-7/h5-7H,8H2,1-4H3;2-4H,1H3,(H,10,12,13). The topological polar surface area (TPSA) is 124 Å². The number of carbonyl (C=O) groups is 1. The Bertz CT molecular complexity index is 1270. The van der Waals surface area contributed by atoms with E-state index in [2.05, 4.69) is 35.7 Å². The van der Waals surface area contributed by atoms with Crippen molar-refractivity contribution in [1.82, 2.24) is 40.4 Å². The van der Waals surface area contributed by atoms with E-state index < -0.39 is 5.41 Å². The van der Waals surface area contributed by atoms with Crippen LogP contribution in [0.1, 0.15) is 32.2 Å². The summed E-state index contributed by atoms with van der Waals surface area (Å²) in [7, 11) is 0. The molecule has 0 aliphatic heterocycles. The second-order valence-corrected chi connectivity index (χ2v) is 9.12. The fourth-order valence-corrected chi connectivity index (χ4v) is 3.14. The van der Waals surface area contributed by atoms with Gasteiger partial charge in [-0.05, 0) is 58.9 Å². The Morgan fingerprint density at radius 1 is 1.00 bits per heavy atom. The largest absolute Gasteiger partial charge is 0.442 e. The lowest BCUT2D eigenvalue weighted by molar-refractivity contribution is -0.157. The fourth-order valence-electron chi connectivity index (χ4n) is 2.76. The van der Waals surface area contributed by atoms with Crippen LogP contribution in [0.5, 0.6) is 0 Å². The van der Waals surface area contributed by atoms with Crippen LogP contribution in [0.3, 0.4) is 0 Å². The number of nitrogens with zero attached hydrogens (tertiary/aromatic N) is 7. The molecule has 0 aliphatic carbocycles. The van der Waals surface area contributed by atoms with Gasteiger partial charge in [0.15, 0.2) is 6.73 Å². The lowest BCUT2D eigenvalue weighted by Crippen LogP contribution is -2.24. The molecule has 34 heavy (non-hydrogen) atoms. The number of carbonyl (C=O) groups excluding carboxylic acids is 1. The van der Waals surface area contributed by atoms with E-state index in [0.29, 0.717) is 16.0 Å². The molecule has 0 saturated carbocycles. The van der Waals surface area contributed by atoms with Gasteiger partial charge in [0.1, 0.15) is 21.7 Å². The zero-order valence-corrected chi connectivity index (χ0v) is 20.9. The van der Waals surface area contributed by atoms with E-state index in [1.807, 2.05) is 26.0 Å². The molecule has 0 unspecified atom stereocenters. The number of hydrogen-bond donors (Lipinski definition) is 1. The van der Waals surface area contributed by atoms with Crippen molar-refractivity contribution in [2.45, 2.75) is 41.3 Å². The third-order valence-electron chi connectivity index (χ3n) is 4.55. The van der Waals surface area contributed by atoms with Gasteiger partial charge in [-0.15, -0.1) is 5.10 Å². The van der Waals surface area contributed by atoms with Crippen molar-refractivity contribution in [3.63, 3.8) is 0 Å². The molecule has 0 amide bonds. The molecule has 0 fully saturated rings. The van der Waals surface area contributed by atoms with Crippen LogP contribution in [0.4, 0.5) is 0 Å². The average Bonchev–Trinajstić information content (AvgIpc) is 3.44. The summed E-state index contributed by atoms with van der Waals surface area (Å²) in [5, 5.41) is 19.2. The molecule has 178 valence electrons. The Labute approximate surface area is 206 Å². The third-order valence-corrected chi connectivity index (χ3v) is 4.97. The molecular weight excluding hydrogens is 479 g/mol. The van der Waals surface area contributed by atoms with Gasteiger partial charge in [-0.2, -0.15) is 15.4 Å². The highest BCUT2D eigenvalue weighted by Crippen LogP contribution is 2.22.